The van der Waals surface area contributed by atoms with Crippen LogP contribution in [0.15, 0.2) is 24.3 Å². The Morgan fingerprint density at radius 2 is 1.85 bits per heavy atom. The molecule has 0 fully saturated rings. The van der Waals surface area contributed by atoms with Gasteiger partial charge in [-0.05, 0) is 57.9 Å². The lowest BCUT2D eigenvalue weighted by molar-refractivity contribution is 0.0980. The van der Waals surface area contributed by atoms with Crippen LogP contribution in [0, 0.1) is 0 Å². The molecule has 5 heteroatoms. The van der Waals surface area contributed by atoms with Gasteiger partial charge in [-0.25, -0.2) is 4.79 Å². The second-order valence-electron chi connectivity index (χ2n) is 5.73. The van der Waals surface area contributed by atoms with Crippen LogP contribution in [0.4, 0.5) is 10.5 Å². The third kappa shape index (κ3) is 5.38. The molecule has 20 heavy (non-hydrogen) atoms. The fourth-order valence-electron chi connectivity index (χ4n) is 1.84. The van der Waals surface area contributed by atoms with Crippen molar-refractivity contribution >= 4 is 11.8 Å². The van der Waals surface area contributed by atoms with Gasteiger partial charge in [0.25, 0.3) is 0 Å². The Kier molecular flexibility index (Phi) is 5.67. The van der Waals surface area contributed by atoms with Crippen molar-refractivity contribution in [3.63, 3.8) is 0 Å². The number of hydrogen-bond donors (Lipinski definition) is 2. The van der Waals surface area contributed by atoms with E-state index in [1.807, 2.05) is 32.9 Å². The van der Waals surface area contributed by atoms with Crippen molar-refractivity contribution in [3.05, 3.63) is 24.3 Å². The number of nitrogens with zero attached hydrogens (tertiary/aromatic N) is 1. The molecule has 112 valence electrons. The maximum absolute atomic E-state index is 11.1. The normalized spacial score (nSPS) is 11.2. The first-order chi connectivity index (χ1) is 9.30. The van der Waals surface area contributed by atoms with Crippen LogP contribution in [0.5, 0.6) is 5.75 Å². The fourth-order valence-corrected chi connectivity index (χ4v) is 1.84. The van der Waals surface area contributed by atoms with E-state index in [1.165, 1.54) is 4.90 Å². The smallest absolute Gasteiger partial charge is 0.407 e. The molecule has 0 radical (unpaired) electrons. The zero-order valence-electron chi connectivity index (χ0n) is 12.4. The molecule has 0 spiro atoms. The van der Waals surface area contributed by atoms with Crippen LogP contribution >= 0.6 is 0 Å². The summed E-state index contributed by atoms with van der Waals surface area (Å²) in [5.41, 5.74) is 5.93. The van der Waals surface area contributed by atoms with Gasteiger partial charge >= 0.3 is 6.09 Å². The quantitative estimate of drug-likeness (QED) is 0.619. The number of hydrogen-bond acceptors (Lipinski definition) is 3. The van der Waals surface area contributed by atoms with Crippen molar-refractivity contribution in [3.8, 4) is 5.75 Å². The Hall–Kier alpha value is -1.91. The number of unbranched alkanes of at least 4 members (excludes halogenated alkanes) is 1. The largest absolute Gasteiger partial charge is 0.494 e. The molecule has 5 nitrogen and oxygen atoms in total. The summed E-state index contributed by atoms with van der Waals surface area (Å²) in [6, 6.07) is 7.24. The van der Waals surface area contributed by atoms with E-state index in [-0.39, 0.29) is 5.54 Å². The molecule has 1 rings (SSSR count). The zero-order chi connectivity index (χ0) is 15.2. The van der Waals surface area contributed by atoms with Gasteiger partial charge in [-0.15, -0.1) is 0 Å². The Morgan fingerprint density at radius 1 is 1.25 bits per heavy atom. The SMILES string of the molecule is CC(C)(C)N(CCCCOc1ccc(N)cc1)C(=O)O. The monoisotopic (exact) mass is 280 g/mol. The minimum atomic E-state index is -0.878. The van der Waals surface area contributed by atoms with Gasteiger partial charge in [-0.3, -0.25) is 0 Å². The average Bonchev–Trinajstić information content (AvgIpc) is 2.33. The number of anilines is 1. The Labute approximate surface area is 120 Å². The highest BCUT2D eigenvalue weighted by Crippen LogP contribution is 2.15. The minimum Gasteiger partial charge on any atom is -0.494 e. The van der Waals surface area contributed by atoms with Crippen LogP contribution in [-0.2, 0) is 0 Å². The molecule has 1 aromatic rings. The summed E-state index contributed by atoms with van der Waals surface area (Å²) in [5, 5.41) is 9.15. The van der Waals surface area contributed by atoms with Crippen LogP contribution in [0.2, 0.25) is 0 Å². The number of carbonyl (C=O) groups is 1. The van der Waals surface area contributed by atoms with Crippen LogP contribution in [-0.4, -0.2) is 34.8 Å². The first-order valence-corrected chi connectivity index (χ1v) is 6.79. The molecular weight excluding hydrogens is 256 g/mol. The van der Waals surface area contributed by atoms with Crippen molar-refractivity contribution in [1.29, 1.82) is 0 Å². The van der Waals surface area contributed by atoms with Gasteiger partial charge in [0, 0.05) is 17.8 Å². The highest BCUT2D eigenvalue weighted by Gasteiger charge is 2.25. The minimum absolute atomic E-state index is 0.371. The van der Waals surface area contributed by atoms with Gasteiger partial charge in [-0.1, -0.05) is 0 Å². The predicted molar refractivity (Wildman–Crippen MR) is 80.1 cm³/mol. The Bertz CT molecular complexity index is 424. The molecule has 0 aliphatic rings. The predicted octanol–water partition coefficient (Wildman–Crippen LogP) is 3.21. The van der Waals surface area contributed by atoms with Crippen molar-refractivity contribution in [2.24, 2.45) is 0 Å². The van der Waals surface area contributed by atoms with Crippen molar-refractivity contribution in [1.82, 2.24) is 4.90 Å². The molecule has 0 bridgehead atoms. The third-order valence-corrected chi connectivity index (χ3v) is 2.97. The number of nitrogen functional groups attached to an aromatic ring is 1. The van der Waals surface area contributed by atoms with Gasteiger partial charge < -0.3 is 20.5 Å². The molecule has 0 aliphatic heterocycles. The number of benzene rings is 1. The first-order valence-electron chi connectivity index (χ1n) is 6.79. The molecule has 1 amide bonds. The molecule has 1 aromatic carbocycles. The molecule has 3 N–H and O–H groups in total. The summed E-state index contributed by atoms with van der Waals surface area (Å²) < 4.78 is 5.57. The van der Waals surface area contributed by atoms with Gasteiger partial charge in [0.05, 0.1) is 6.61 Å². The zero-order valence-corrected chi connectivity index (χ0v) is 12.4. The molecule has 0 saturated heterocycles. The van der Waals surface area contributed by atoms with Crippen LogP contribution in [0.1, 0.15) is 33.6 Å². The van der Waals surface area contributed by atoms with E-state index < -0.39 is 6.09 Å². The summed E-state index contributed by atoms with van der Waals surface area (Å²) in [4.78, 5) is 12.6. The highest BCUT2D eigenvalue weighted by molar-refractivity contribution is 5.65. The second kappa shape index (κ2) is 7.03. The Balaban J connectivity index is 2.27. The number of carboxylic acid groups (broad SMARTS) is 1. The summed E-state index contributed by atoms with van der Waals surface area (Å²) in [7, 11) is 0. The number of nitrogens with two attached hydrogens (primary N) is 1. The number of ether oxygens (including phenoxy) is 1. The standard InChI is InChI=1S/C15H24N2O3/c1-15(2,3)17(14(18)19)10-4-5-11-20-13-8-6-12(16)7-9-13/h6-9H,4-5,10-11,16H2,1-3H3,(H,18,19). The van der Waals surface area contributed by atoms with Gasteiger partial charge in [0.15, 0.2) is 0 Å². The molecule has 0 heterocycles. The molecule has 0 saturated carbocycles. The van der Waals surface area contributed by atoms with Gasteiger partial charge in [-0.2, -0.15) is 0 Å². The van der Waals surface area contributed by atoms with E-state index in [9.17, 15) is 4.79 Å². The first kappa shape index (κ1) is 16.1. The van der Waals surface area contributed by atoms with Crippen molar-refractivity contribution in [2.45, 2.75) is 39.2 Å². The molecule has 0 atom stereocenters. The molecule has 0 aliphatic carbocycles. The van der Waals surface area contributed by atoms with Gasteiger partial charge in [0.1, 0.15) is 5.75 Å². The third-order valence-electron chi connectivity index (χ3n) is 2.97. The molecule has 0 unspecified atom stereocenters. The van der Waals surface area contributed by atoms with Crippen LogP contribution < -0.4 is 10.5 Å². The maximum Gasteiger partial charge on any atom is 0.407 e. The van der Waals surface area contributed by atoms with Crippen molar-refractivity contribution < 1.29 is 14.6 Å². The van der Waals surface area contributed by atoms with E-state index >= 15 is 0 Å². The lowest BCUT2D eigenvalue weighted by atomic mass is 10.1. The highest BCUT2D eigenvalue weighted by atomic mass is 16.5. The van der Waals surface area contributed by atoms with E-state index in [0.29, 0.717) is 18.8 Å². The van der Waals surface area contributed by atoms with E-state index in [1.54, 1.807) is 12.1 Å². The summed E-state index contributed by atoms with van der Waals surface area (Å²) in [6.07, 6.45) is 0.708. The lowest BCUT2D eigenvalue weighted by Crippen LogP contribution is -2.45. The second-order valence-corrected chi connectivity index (χ2v) is 5.73. The molecular formula is C15H24N2O3. The van der Waals surface area contributed by atoms with Gasteiger partial charge in [0.2, 0.25) is 0 Å². The maximum atomic E-state index is 11.1. The summed E-state index contributed by atoms with van der Waals surface area (Å²) >= 11 is 0. The average molecular weight is 280 g/mol. The van der Waals surface area contributed by atoms with Crippen molar-refractivity contribution in [2.75, 3.05) is 18.9 Å². The fraction of sp³-hybridized carbons (Fsp3) is 0.533. The van der Waals surface area contributed by atoms with Crippen LogP contribution in [0.25, 0.3) is 0 Å². The Morgan fingerprint density at radius 3 is 2.35 bits per heavy atom. The van der Waals surface area contributed by atoms with E-state index in [2.05, 4.69) is 0 Å². The summed E-state index contributed by atoms with van der Waals surface area (Å²) in [5.74, 6) is 0.783. The van der Waals surface area contributed by atoms with E-state index in [0.717, 1.165) is 18.6 Å². The molecule has 0 aromatic heterocycles. The summed E-state index contributed by atoms with van der Waals surface area (Å²) in [6.45, 7) is 6.77. The number of rotatable bonds is 6. The topological polar surface area (TPSA) is 75.8 Å². The lowest BCUT2D eigenvalue weighted by Gasteiger charge is -2.33. The van der Waals surface area contributed by atoms with E-state index in [4.69, 9.17) is 15.6 Å². The number of amides is 1. The van der Waals surface area contributed by atoms with Crippen LogP contribution in [0.3, 0.4) is 0 Å².